The van der Waals surface area contributed by atoms with Gasteiger partial charge in [-0.3, -0.25) is 5.84 Å². The summed E-state index contributed by atoms with van der Waals surface area (Å²) in [5.41, 5.74) is 1.66. The van der Waals surface area contributed by atoms with Gasteiger partial charge in [-0.15, -0.1) is 10.2 Å². The summed E-state index contributed by atoms with van der Waals surface area (Å²) in [6.07, 6.45) is -4.86. The highest BCUT2D eigenvalue weighted by atomic mass is 19.4. The molecule has 0 aliphatic rings. The van der Waals surface area contributed by atoms with Crippen LogP contribution in [0.1, 0.15) is 5.82 Å². The first kappa shape index (κ1) is 10.9. The fraction of sp³-hybridized carbons (Fsp3) is 0.800. The molecule has 1 heterocycles. The Balaban J connectivity index is 2.66. The molecule has 1 aromatic rings. The molecule has 0 saturated carbocycles. The van der Waals surface area contributed by atoms with E-state index in [9.17, 15) is 13.2 Å². The second-order valence-electron chi connectivity index (χ2n) is 2.66. The van der Waals surface area contributed by atoms with E-state index in [-0.39, 0.29) is 5.82 Å². The molecule has 0 aliphatic heterocycles. The van der Waals surface area contributed by atoms with Crippen LogP contribution in [0.4, 0.5) is 13.2 Å². The van der Waals surface area contributed by atoms with Gasteiger partial charge in [0.1, 0.15) is 6.04 Å². The molecule has 0 amide bonds. The third-order valence-corrected chi connectivity index (χ3v) is 1.53. The van der Waals surface area contributed by atoms with E-state index < -0.39 is 18.6 Å². The fourth-order valence-electron chi connectivity index (χ4n) is 0.857. The average Bonchev–Trinajstić information content (AvgIpc) is 2.45. The number of hydrogen-bond acceptors (Lipinski definition) is 5. The van der Waals surface area contributed by atoms with E-state index in [1.165, 1.54) is 7.05 Å². The SMILES string of the molecule is Cn1nnc(CC(NN)C(F)(F)F)n1. The maximum Gasteiger partial charge on any atom is 0.405 e. The lowest BCUT2D eigenvalue weighted by Crippen LogP contribution is -2.47. The molecule has 1 aromatic heterocycles. The summed E-state index contributed by atoms with van der Waals surface area (Å²) in [5, 5.41) is 10.4. The Hall–Kier alpha value is -1.22. The monoisotopic (exact) mass is 210 g/mol. The number of nitrogens with zero attached hydrogens (tertiary/aromatic N) is 4. The van der Waals surface area contributed by atoms with Gasteiger partial charge < -0.3 is 0 Å². The van der Waals surface area contributed by atoms with Gasteiger partial charge in [0.05, 0.1) is 7.05 Å². The third-order valence-electron chi connectivity index (χ3n) is 1.53. The highest BCUT2D eigenvalue weighted by Crippen LogP contribution is 2.21. The van der Waals surface area contributed by atoms with Crippen LogP contribution in [0.2, 0.25) is 0 Å². The molecule has 0 fully saturated rings. The molecule has 80 valence electrons. The Kier molecular flexibility index (Phi) is 3.01. The van der Waals surface area contributed by atoms with Gasteiger partial charge in [-0.25, -0.2) is 5.43 Å². The minimum atomic E-state index is -4.42. The van der Waals surface area contributed by atoms with Gasteiger partial charge >= 0.3 is 6.18 Å². The van der Waals surface area contributed by atoms with E-state index in [1.807, 2.05) is 0 Å². The number of nitrogens with two attached hydrogens (primary N) is 1. The van der Waals surface area contributed by atoms with E-state index in [1.54, 1.807) is 5.43 Å². The van der Waals surface area contributed by atoms with E-state index >= 15 is 0 Å². The number of hydrazine groups is 1. The first-order valence-electron chi connectivity index (χ1n) is 3.69. The molecule has 1 atom stereocenters. The molecule has 9 heteroatoms. The molecule has 1 rings (SSSR count). The number of aromatic nitrogens is 4. The van der Waals surface area contributed by atoms with Crippen LogP contribution >= 0.6 is 0 Å². The summed E-state index contributed by atoms with van der Waals surface area (Å²) in [6.45, 7) is 0. The minimum absolute atomic E-state index is 0.00669. The zero-order chi connectivity index (χ0) is 10.8. The summed E-state index contributed by atoms with van der Waals surface area (Å²) in [7, 11) is 1.47. The van der Waals surface area contributed by atoms with E-state index in [0.29, 0.717) is 0 Å². The largest absolute Gasteiger partial charge is 0.405 e. The number of aryl methyl sites for hydroxylation is 1. The molecule has 6 nitrogen and oxygen atoms in total. The molecule has 0 spiro atoms. The van der Waals surface area contributed by atoms with Crippen molar-refractivity contribution in [3.05, 3.63) is 5.82 Å². The number of tetrazole rings is 1. The summed E-state index contributed by atoms with van der Waals surface area (Å²) in [5.74, 6) is 4.75. The van der Waals surface area contributed by atoms with Crippen molar-refractivity contribution in [1.29, 1.82) is 0 Å². The molecule has 0 radical (unpaired) electrons. The molecule has 0 aliphatic carbocycles. The van der Waals surface area contributed by atoms with E-state index in [2.05, 4.69) is 15.4 Å². The highest BCUT2D eigenvalue weighted by Gasteiger charge is 2.39. The predicted molar refractivity (Wildman–Crippen MR) is 39.7 cm³/mol. The Morgan fingerprint density at radius 1 is 1.57 bits per heavy atom. The molecule has 14 heavy (non-hydrogen) atoms. The van der Waals surface area contributed by atoms with Crippen molar-refractivity contribution in [3.8, 4) is 0 Å². The van der Waals surface area contributed by atoms with Crippen molar-refractivity contribution in [1.82, 2.24) is 25.6 Å². The summed E-state index contributed by atoms with van der Waals surface area (Å²) < 4.78 is 36.6. The Labute approximate surface area is 77.2 Å². The number of hydrogen-bond donors (Lipinski definition) is 2. The van der Waals surface area contributed by atoms with Crippen LogP contribution in [0.15, 0.2) is 0 Å². The number of halogens is 3. The normalized spacial score (nSPS) is 14.4. The fourth-order valence-corrected chi connectivity index (χ4v) is 0.857. The molecular weight excluding hydrogens is 201 g/mol. The lowest BCUT2D eigenvalue weighted by Gasteiger charge is -2.16. The molecular formula is C5H9F3N6. The topological polar surface area (TPSA) is 81.7 Å². The molecule has 3 N–H and O–H groups in total. The van der Waals surface area contributed by atoms with Crippen molar-refractivity contribution >= 4 is 0 Å². The number of nitrogens with one attached hydrogen (secondary N) is 1. The summed E-state index contributed by atoms with van der Waals surface area (Å²) in [4.78, 5) is 1.08. The van der Waals surface area contributed by atoms with E-state index in [0.717, 1.165) is 4.80 Å². The lowest BCUT2D eigenvalue weighted by molar-refractivity contribution is -0.155. The zero-order valence-corrected chi connectivity index (χ0v) is 7.28. The standard InChI is InChI=1S/C5H9F3N6/c1-14-12-4(11-13-14)2-3(10-9)5(6,7)8/h3,10H,2,9H2,1H3. The van der Waals surface area contributed by atoms with Crippen molar-refractivity contribution in [2.45, 2.75) is 18.6 Å². The lowest BCUT2D eigenvalue weighted by atomic mass is 10.2. The maximum atomic E-state index is 12.2. The molecule has 0 aromatic carbocycles. The van der Waals surface area contributed by atoms with Crippen LogP contribution in [-0.2, 0) is 13.5 Å². The van der Waals surface area contributed by atoms with Gasteiger partial charge in [0.25, 0.3) is 0 Å². The number of rotatable bonds is 3. The first-order valence-corrected chi connectivity index (χ1v) is 3.69. The molecule has 1 unspecified atom stereocenters. The minimum Gasteiger partial charge on any atom is -0.271 e. The summed E-state index contributed by atoms with van der Waals surface area (Å²) >= 11 is 0. The highest BCUT2D eigenvalue weighted by molar-refractivity contribution is 4.87. The predicted octanol–water partition coefficient (Wildman–Crippen LogP) is -0.853. The van der Waals surface area contributed by atoms with E-state index in [4.69, 9.17) is 5.84 Å². The summed E-state index contributed by atoms with van der Waals surface area (Å²) in [6, 6.07) is -1.85. The van der Waals surface area contributed by atoms with Crippen LogP contribution in [0.5, 0.6) is 0 Å². The second-order valence-corrected chi connectivity index (χ2v) is 2.66. The van der Waals surface area contributed by atoms with Crippen molar-refractivity contribution in [3.63, 3.8) is 0 Å². The van der Waals surface area contributed by atoms with Crippen LogP contribution in [0.25, 0.3) is 0 Å². The second kappa shape index (κ2) is 3.88. The van der Waals surface area contributed by atoms with Gasteiger partial charge in [-0.2, -0.15) is 18.0 Å². The molecule has 0 bridgehead atoms. The van der Waals surface area contributed by atoms with Gasteiger partial charge in [-0.1, -0.05) is 0 Å². The zero-order valence-electron chi connectivity index (χ0n) is 7.28. The maximum absolute atomic E-state index is 12.2. The van der Waals surface area contributed by atoms with Gasteiger partial charge in [0.15, 0.2) is 5.82 Å². The van der Waals surface area contributed by atoms with Gasteiger partial charge in [0, 0.05) is 6.42 Å². The van der Waals surface area contributed by atoms with Crippen LogP contribution < -0.4 is 11.3 Å². The van der Waals surface area contributed by atoms with Crippen LogP contribution in [0, 0.1) is 0 Å². The van der Waals surface area contributed by atoms with Crippen LogP contribution in [-0.4, -0.2) is 32.4 Å². The van der Waals surface area contributed by atoms with Gasteiger partial charge in [0.2, 0.25) is 0 Å². The first-order chi connectivity index (χ1) is 6.43. The third kappa shape index (κ3) is 2.64. The Morgan fingerprint density at radius 3 is 2.57 bits per heavy atom. The Morgan fingerprint density at radius 2 is 2.21 bits per heavy atom. The van der Waals surface area contributed by atoms with Crippen molar-refractivity contribution in [2.75, 3.05) is 0 Å². The smallest absolute Gasteiger partial charge is 0.271 e. The van der Waals surface area contributed by atoms with Crippen molar-refractivity contribution in [2.24, 2.45) is 12.9 Å². The molecule has 0 saturated heterocycles. The van der Waals surface area contributed by atoms with Gasteiger partial charge in [-0.05, 0) is 5.21 Å². The van der Waals surface area contributed by atoms with Crippen molar-refractivity contribution < 1.29 is 13.2 Å². The Bertz CT molecular complexity index is 294. The van der Waals surface area contributed by atoms with Crippen LogP contribution in [0.3, 0.4) is 0 Å². The average molecular weight is 210 g/mol. The number of alkyl halides is 3. The quantitative estimate of drug-likeness (QED) is 0.501.